The Bertz CT molecular complexity index is 1000. The summed E-state index contributed by atoms with van der Waals surface area (Å²) in [6, 6.07) is 17.8. The van der Waals surface area contributed by atoms with Gasteiger partial charge in [-0.25, -0.2) is 4.79 Å². The molecule has 1 aromatic heterocycles. The summed E-state index contributed by atoms with van der Waals surface area (Å²) >= 11 is 0. The highest BCUT2D eigenvalue weighted by Gasteiger charge is 2.41. The highest BCUT2D eigenvalue weighted by molar-refractivity contribution is 5.90. The van der Waals surface area contributed by atoms with E-state index in [2.05, 4.69) is 63.0 Å². The molecule has 1 N–H and O–H groups in total. The number of nitrogens with zero attached hydrogens (tertiary/aromatic N) is 1. The third kappa shape index (κ3) is 3.33. The molecule has 144 valence electrons. The number of pyridine rings is 1. The van der Waals surface area contributed by atoms with E-state index in [-0.39, 0.29) is 16.4 Å². The summed E-state index contributed by atoms with van der Waals surface area (Å²) in [6.07, 6.45) is 3.67. The minimum Gasteiger partial charge on any atom is -0.478 e. The Morgan fingerprint density at radius 2 is 1.57 bits per heavy atom. The van der Waals surface area contributed by atoms with Gasteiger partial charge in [-0.15, -0.1) is 0 Å². The van der Waals surface area contributed by atoms with Crippen molar-refractivity contribution in [2.45, 2.75) is 45.4 Å². The minimum atomic E-state index is -0.921. The molecule has 3 aromatic rings. The van der Waals surface area contributed by atoms with Gasteiger partial charge in [-0.05, 0) is 58.2 Å². The lowest BCUT2D eigenvalue weighted by Gasteiger charge is -2.43. The van der Waals surface area contributed by atoms with Crippen molar-refractivity contribution in [1.29, 1.82) is 0 Å². The van der Waals surface area contributed by atoms with Gasteiger partial charge in [0.1, 0.15) is 0 Å². The molecule has 0 saturated carbocycles. The molecule has 3 heteroatoms. The van der Waals surface area contributed by atoms with Crippen molar-refractivity contribution in [3.05, 3.63) is 89.2 Å². The topological polar surface area (TPSA) is 50.2 Å². The fraction of sp³-hybridized carbons (Fsp3) is 0.280. The van der Waals surface area contributed by atoms with E-state index < -0.39 is 5.97 Å². The Balaban J connectivity index is 2.21. The second-order valence-electron chi connectivity index (χ2n) is 8.37. The van der Waals surface area contributed by atoms with Gasteiger partial charge in [0.2, 0.25) is 0 Å². The molecule has 0 aliphatic carbocycles. The predicted octanol–water partition coefficient (Wildman–Crippen LogP) is 6.01. The molecule has 0 fully saturated rings. The zero-order chi connectivity index (χ0) is 20.5. The van der Waals surface area contributed by atoms with Gasteiger partial charge in [-0.1, -0.05) is 64.1 Å². The van der Waals surface area contributed by atoms with Crippen molar-refractivity contribution in [2.24, 2.45) is 0 Å². The van der Waals surface area contributed by atoms with Crippen LogP contribution in [-0.4, -0.2) is 16.1 Å². The lowest BCUT2D eigenvalue weighted by molar-refractivity contribution is 0.0697. The van der Waals surface area contributed by atoms with Crippen molar-refractivity contribution < 1.29 is 9.90 Å². The number of hydrogen-bond acceptors (Lipinski definition) is 2. The van der Waals surface area contributed by atoms with Crippen LogP contribution in [0.1, 0.15) is 54.7 Å². The summed E-state index contributed by atoms with van der Waals surface area (Å²) in [5, 5.41) is 9.44. The van der Waals surface area contributed by atoms with Crippen LogP contribution in [0.4, 0.5) is 0 Å². The number of benzene rings is 2. The van der Waals surface area contributed by atoms with E-state index in [0.29, 0.717) is 0 Å². The normalized spacial score (nSPS) is 12.0. The number of carboxylic acid groups (broad SMARTS) is 1. The number of carbonyl (C=O) groups is 1. The van der Waals surface area contributed by atoms with E-state index in [9.17, 15) is 9.90 Å². The molecule has 0 saturated heterocycles. The number of aromatic carboxylic acids is 1. The summed E-state index contributed by atoms with van der Waals surface area (Å²) in [6.45, 7) is 11.0. The molecule has 0 unspecified atom stereocenters. The van der Waals surface area contributed by atoms with Crippen LogP contribution >= 0.6 is 0 Å². The lowest BCUT2D eigenvalue weighted by atomic mass is 9.60. The number of aryl methyl sites for hydroxylation is 1. The molecule has 0 radical (unpaired) electrons. The Kier molecular flexibility index (Phi) is 5.12. The minimum absolute atomic E-state index is 0.150. The highest BCUT2D eigenvalue weighted by atomic mass is 16.4. The number of aromatic nitrogens is 1. The summed E-state index contributed by atoms with van der Waals surface area (Å²) in [7, 11) is 0. The fourth-order valence-electron chi connectivity index (χ4n) is 3.75. The van der Waals surface area contributed by atoms with Gasteiger partial charge in [0.25, 0.3) is 0 Å². The van der Waals surface area contributed by atoms with Crippen LogP contribution in [-0.2, 0) is 10.8 Å². The van der Waals surface area contributed by atoms with Crippen LogP contribution in [0.2, 0.25) is 0 Å². The van der Waals surface area contributed by atoms with Gasteiger partial charge in [-0.2, -0.15) is 0 Å². The molecular formula is C25H27NO2. The Morgan fingerprint density at radius 1 is 0.893 bits per heavy atom. The van der Waals surface area contributed by atoms with E-state index in [1.165, 1.54) is 5.56 Å². The maximum atomic E-state index is 11.5. The van der Waals surface area contributed by atoms with Crippen LogP contribution in [0, 0.1) is 6.92 Å². The maximum Gasteiger partial charge on any atom is 0.335 e. The van der Waals surface area contributed by atoms with E-state index in [4.69, 9.17) is 0 Å². The lowest BCUT2D eigenvalue weighted by Crippen LogP contribution is -2.40. The van der Waals surface area contributed by atoms with Gasteiger partial charge in [0.15, 0.2) is 0 Å². The Hall–Kier alpha value is -2.94. The standard InChI is InChI=1S/C25H27NO2/c1-17-11-12-18(23(27)28)15-20(17)21-16-26-14-13-22(21)25(4,5)24(2,3)19-9-7-6-8-10-19/h6-16H,1-5H3,(H,27,28). The van der Waals surface area contributed by atoms with Crippen molar-refractivity contribution in [2.75, 3.05) is 0 Å². The molecule has 28 heavy (non-hydrogen) atoms. The summed E-state index contributed by atoms with van der Waals surface area (Å²) in [5.41, 5.74) is 5.27. The Morgan fingerprint density at radius 3 is 2.21 bits per heavy atom. The van der Waals surface area contributed by atoms with Crippen LogP contribution in [0.15, 0.2) is 67.0 Å². The molecule has 0 spiro atoms. The van der Waals surface area contributed by atoms with E-state index in [1.54, 1.807) is 12.1 Å². The van der Waals surface area contributed by atoms with E-state index in [0.717, 1.165) is 22.3 Å². The van der Waals surface area contributed by atoms with Crippen molar-refractivity contribution in [3.63, 3.8) is 0 Å². The quantitative estimate of drug-likeness (QED) is 0.596. The monoisotopic (exact) mass is 373 g/mol. The molecule has 0 aliphatic rings. The fourth-order valence-corrected chi connectivity index (χ4v) is 3.75. The molecule has 0 aliphatic heterocycles. The zero-order valence-corrected chi connectivity index (χ0v) is 17.2. The third-order valence-corrected chi connectivity index (χ3v) is 6.33. The van der Waals surface area contributed by atoms with Crippen molar-refractivity contribution in [1.82, 2.24) is 4.98 Å². The first-order chi connectivity index (χ1) is 13.2. The SMILES string of the molecule is Cc1ccc(C(=O)O)cc1-c1cnccc1C(C)(C)C(C)(C)c1ccccc1. The van der Waals surface area contributed by atoms with E-state index >= 15 is 0 Å². The number of hydrogen-bond donors (Lipinski definition) is 1. The maximum absolute atomic E-state index is 11.5. The van der Waals surface area contributed by atoms with Gasteiger partial charge in [-0.3, -0.25) is 4.98 Å². The average molecular weight is 373 g/mol. The largest absolute Gasteiger partial charge is 0.478 e. The van der Waals surface area contributed by atoms with E-state index in [1.807, 2.05) is 31.5 Å². The zero-order valence-electron chi connectivity index (χ0n) is 17.2. The smallest absolute Gasteiger partial charge is 0.335 e. The second-order valence-corrected chi connectivity index (χ2v) is 8.37. The Labute approximate surface area is 167 Å². The van der Waals surface area contributed by atoms with Crippen LogP contribution in [0.25, 0.3) is 11.1 Å². The molecule has 2 aromatic carbocycles. The van der Waals surface area contributed by atoms with Gasteiger partial charge < -0.3 is 5.11 Å². The van der Waals surface area contributed by atoms with Gasteiger partial charge in [0.05, 0.1) is 5.56 Å². The molecule has 1 heterocycles. The molecule has 3 nitrogen and oxygen atoms in total. The first kappa shape index (κ1) is 19.8. The summed E-state index contributed by atoms with van der Waals surface area (Å²) in [4.78, 5) is 15.9. The number of rotatable bonds is 5. The average Bonchev–Trinajstić information content (AvgIpc) is 2.68. The molecular weight excluding hydrogens is 346 g/mol. The van der Waals surface area contributed by atoms with Crippen molar-refractivity contribution >= 4 is 5.97 Å². The predicted molar refractivity (Wildman–Crippen MR) is 114 cm³/mol. The number of carboxylic acids is 1. The first-order valence-electron chi connectivity index (χ1n) is 9.50. The van der Waals surface area contributed by atoms with Crippen LogP contribution in [0.5, 0.6) is 0 Å². The third-order valence-electron chi connectivity index (χ3n) is 6.33. The molecule has 0 amide bonds. The van der Waals surface area contributed by atoms with Crippen molar-refractivity contribution in [3.8, 4) is 11.1 Å². The first-order valence-corrected chi connectivity index (χ1v) is 9.50. The van der Waals surface area contributed by atoms with Crippen LogP contribution < -0.4 is 0 Å². The summed E-state index contributed by atoms with van der Waals surface area (Å²) in [5.74, 6) is -0.921. The van der Waals surface area contributed by atoms with Crippen LogP contribution in [0.3, 0.4) is 0 Å². The second kappa shape index (κ2) is 7.23. The van der Waals surface area contributed by atoms with Gasteiger partial charge >= 0.3 is 5.97 Å². The molecule has 0 bridgehead atoms. The molecule has 3 rings (SSSR count). The highest BCUT2D eigenvalue weighted by Crippen LogP contribution is 2.46. The summed E-state index contributed by atoms with van der Waals surface area (Å²) < 4.78 is 0. The molecule has 0 atom stereocenters. The van der Waals surface area contributed by atoms with Gasteiger partial charge in [0, 0.05) is 18.0 Å².